The highest BCUT2D eigenvalue weighted by Gasteiger charge is 2.12. The van der Waals surface area contributed by atoms with E-state index in [9.17, 15) is 17.6 Å². The number of sulfone groups is 1. The first-order valence-corrected chi connectivity index (χ1v) is 9.03. The third kappa shape index (κ3) is 6.25. The first-order valence-electron chi connectivity index (χ1n) is 7.14. The number of halogens is 1. The molecule has 21 heavy (non-hydrogen) atoms. The fourth-order valence-corrected chi connectivity index (χ4v) is 2.58. The van der Waals surface area contributed by atoms with Crippen LogP contribution in [-0.4, -0.2) is 20.6 Å². The molecule has 0 aliphatic carbocycles. The maximum atomic E-state index is 13.6. The minimum Gasteiger partial charge on any atom is -0.324 e. The molecule has 0 bridgehead atoms. The summed E-state index contributed by atoms with van der Waals surface area (Å²) in [6.07, 6.45) is 6.43. The number of nitrogens with one attached hydrogen (secondary N) is 1. The summed E-state index contributed by atoms with van der Waals surface area (Å²) in [7, 11) is -3.42. The molecule has 0 saturated heterocycles. The van der Waals surface area contributed by atoms with E-state index < -0.39 is 15.7 Å². The Hall–Kier alpha value is -1.43. The molecule has 0 spiro atoms. The molecule has 1 N–H and O–H groups in total. The number of carbonyl (C=O) groups excluding carboxylic acids is 1. The summed E-state index contributed by atoms with van der Waals surface area (Å²) in [5.74, 6) is -0.933. The molecule has 0 radical (unpaired) electrons. The number of hydrogen-bond acceptors (Lipinski definition) is 3. The van der Waals surface area contributed by atoms with Crippen molar-refractivity contribution < 1.29 is 17.6 Å². The maximum absolute atomic E-state index is 13.6. The zero-order chi connectivity index (χ0) is 15.9. The second-order valence-electron chi connectivity index (χ2n) is 5.13. The molecule has 0 atom stereocenters. The van der Waals surface area contributed by atoms with Gasteiger partial charge in [0.25, 0.3) is 0 Å². The normalized spacial score (nSPS) is 11.4. The van der Waals surface area contributed by atoms with Gasteiger partial charge in [0.2, 0.25) is 5.91 Å². The summed E-state index contributed by atoms with van der Waals surface area (Å²) in [5.41, 5.74) is -0.0866. The number of unbranched alkanes of at least 4 members (excludes halogenated alkanes) is 4. The van der Waals surface area contributed by atoms with E-state index in [0.29, 0.717) is 6.42 Å². The van der Waals surface area contributed by atoms with Crippen LogP contribution in [0.15, 0.2) is 23.1 Å². The topological polar surface area (TPSA) is 63.2 Å². The summed E-state index contributed by atoms with van der Waals surface area (Å²) in [4.78, 5) is 11.7. The Morgan fingerprint density at radius 2 is 1.86 bits per heavy atom. The Bertz CT molecular complexity index is 585. The summed E-state index contributed by atoms with van der Waals surface area (Å²) < 4.78 is 36.4. The highest BCUT2D eigenvalue weighted by atomic mass is 32.2. The van der Waals surface area contributed by atoms with Crippen molar-refractivity contribution in [3.63, 3.8) is 0 Å². The SMILES string of the molecule is CCCCCCCC(=O)Nc1cc(S(C)(=O)=O)ccc1F. The predicted molar refractivity (Wildman–Crippen MR) is 81.5 cm³/mol. The summed E-state index contributed by atoms with van der Waals surface area (Å²) >= 11 is 0. The van der Waals surface area contributed by atoms with Gasteiger partial charge in [-0.05, 0) is 24.6 Å². The van der Waals surface area contributed by atoms with E-state index in [1.165, 1.54) is 6.07 Å². The summed E-state index contributed by atoms with van der Waals surface area (Å²) in [6.45, 7) is 2.12. The molecule has 0 aliphatic rings. The van der Waals surface area contributed by atoms with E-state index in [-0.39, 0.29) is 16.5 Å². The van der Waals surface area contributed by atoms with E-state index in [1.54, 1.807) is 0 Å². The molecule has 0 unspecified atom stereocenters. The lowest BCUT2D eigenvalue weighted by molar-refractivity contribution is -0.116. The molecular formula is C15H22FNO3S. The Labute approximate surface area is 125 Å². The molecule has 0 heterocycles. The van der Waals surface area contributed by atoms with Gasteiger partial charge in [-0.3, -0.25) is 4.79 Å². The first-order chi connectivity index (χ1) is 9.84. The van der Waals surface area contributed by atoms with Gasteiger partial charge in [0.1, 0.15) is 5.82 Å². The van der Waals surface area contributed by atoms with Crippen LogP contribution in [0.4, 0.5) is 10.1 Å². The Kier molecular flexibility index (Phi) is 6.81. The van der Waals surface area contributed by atoms with Crippen molar-refractivity contribution >= 4 is 21.4 Å². The summed E-state index contributed by atoms with van der Waals surface area (Å²) in [6, 6.07) is 3.39. The fourth-order valence-electron chi connectivity index (χ4n) is 1.93. The molecule has 0 saturated carbocycles. The second-order valence-corrected chi connectivity index (χ2v) is 7.14. The number of anilines is 1. The zero-order valence-electron chi connectivity index (χ0n) is 12.5. The first kappa shape index (κ1) is 17.6. The van der Waals surface area contributed by atoms with Gasteiger partial charge in [0.15, 0.2) is 9.84 Å². The lowest BCUT2D eigenvalue weighted by Crippen LogP contribution is -2.13. The molecule has 0 aliphatic heterocycles. The van der Waals surface area contributed by atoms with Crippen LogP contribution in [0.5, 0.6) is 0 Å². The molecule has 1 amide bonds. The maximum Gasteiger partial charge on any atom is 0.224 e. The van der Waals surface area contributed by atoms with Crippen LogP contribution in [0.2, 0.25) is 0 Å². The Balaban J connectivity index is 2.59. The Morgan fingerprint density at radius 3 is 2.48 bits per heavy atom. The molecule has 0 aromatic heterocycles. The minimum atomic E-state index is -3.42. The molecule has 6 heteroatoms. The van der Waals surface area contributed by atoms with Gasteiger partial charge in [-0.1, -0.05) is 32.6 Å². The van der Waals surface area contributed by atoms with E-state index in [1.807, 2.05) is 0 Å². The third-order valence-corrected chi connectivity index (χ3v) is 4.26. The van der Waals surface area contributed by atoms with Gasteiger partial charge >= 0.3 is 0 Å². The lowest BCUT2D eigenvalue weighted by Gasteiger charge is -2.08. The molecule has 4 nitrogen and oxygen atoms in total. The highest BCUT2D eigenvalue weighted by molar-refractivity contribution is 7.90. The van der Waals surface area contributed by atoms with Crippen molar-refractivity contribution in [2.24, 2.45) is 0 Å². The van der Waals surface area contributed by atoms with Gasteiger partial charge in [-0.2, -0.15) is 0 Å². The van der Waals surface area contributed by atoms with E-state index in [2.05, 4.69) is 12.2 Å². The molecule has 118 valence electrons. The zero-order valence-corrected chi connectivity index (χ0v) is 13.3. The number of hydrogen-bond donors (Lipinski definition) is 1. The highest BCUT2D eigenvalue weighted by Crippen LogP contribution is 2.20. The fraction of sp³-hybridized carbons (Fsp3) is 0.533. The molecule has 1 aromatic carbocycles. The monoisotopic (exact) mass is 315 g/mol. The molecular weight excluding hydrogens is 293 g/mol. The van der Waals surface area contributed by atoms with Gasteiger partial charge in [-0.25, -0.2) is 12.8 Å². The van der Waals surface area contributed by atoms with E-state index in [0.717, 1.165) is 50.5 Å². The van der Waals surface area contributed by atoms with Crippen molar-refractivity contribution in [1.82, 2.24) is 0 Å². The molecule has 1 rings (SSSR count). The quantitative estimate of drug-likeness (QED) is 0.589. The van der Waals surface area contributed by atoms with Crippen molar-refractivity contribution in [3.05, 3.63) is 24.0 Å². The van der Waals surface area contributed by atoms with E-state index in [4.69, 9.17) is 0 Å². The van der Waals surface area contributed by atoms with Gasteiger partial charge in [-0.15, -0.1) is 0 Å². The number of benzene rings is 1. The van der Waals surface area contributed by atoms with Crippen molar-refractivity contribution in [3.8, 4) is 0 Å². The van der Waals surface area contributed by atoms with Gasteiger partial charge in [0.05, 0.1) is 10.6 Å². The van der Waals surface area contributed by atoms with Crippen molar-refractivity contribution in [2.75, 3.05) is 11.6 Å². The van der Waals surface area contributed by atoms with Crippen LogP contribution in [0.1, 0.15) is 45.4 Å². The number of rotatable bonds is 8. The van der Waals surface area contributed by atoms with Gasteiger partial charge in [0, 0.05) is 12.7 Å². The molecule has 0 fully saturated rings. The predicted octanol–water partition coefficient (Wildman–Crippen LogP) is 3.53. The van der Waals surface area contributed by atoms with Crippen molar-refractivity contribution in [1.29, 1.82) is 0 Å². The number of carbonyl (C=O) groups is 1. The van der Waals surface area contributed by atoms with E-state index >= 15 is 0 Å². The second kappa shape index (κ2) is 8.12. The average Bonchev–Trinajstić information content (AvgIpc) is 2.40. The van der Waals surface area contributed by atoms with Crippen LogP contribution in [0.3, 0.4) is 0 Å². The minimum absolute atomic E-state index is 0.0119. The average molecular weight is 315 g/mol. The standard InChI is InChI=1S/C15H22FNO3S/c1-3-4-5-6-7-8-15(18)17-14-11-12(21(2,19)20)9-10-13(14)16/h9-11H,3-8H2,1-2H3,(H,17,18). The Morgan fingerprint density at radius 1 is 1.19 bits per heavy atom. The van der Waals surface area contributed by atoms with Crippen LogP contribution >= 0.6 is 0 Å². The van der Waals surface area contributed by atoms with Crippen LogP contribution in [-0.2, 0) is 14.6 Å². The van der Waals surface area contributed by atoms with Crippen LogP contribution < -0.4 is 5.32 Å². The smallest absolute Gasteiger partial charge is 0.224 e. The van der Waals surface area contributed by atoms with Crippen molar-refractivity contribution in [2.45, 2.75) is 50.3 Å². The molecule has 1 aromatic rings. The largest absolute Gasteiger partial charge is 0.324 e. The third-order valence-electron chi connectivity index (χ3n) is 3.15. The van der Waals surface area contributed by atoms with Gasteiger partial charge < -0.3 is 5.32 Å². The van der Waals surface area contributed by atoms with Crippen LogP contribution in [0.25, 0.3) is 0 Å². The van der Waals surface area contributed by atoms with Crippen LogP contribution in [0, 0.1) is 5.82 Å². The summed E-state index contributed by atoms with van der Waals surface area (Å²) in [5, 5.41) is 2.44. The lowest BCUT2D eigenvalue weighted by atomic mass is 10.1. The number of amides is 1.